The van der Waals surface area contributed by atoms with Crippen molar-refractivity contribution in [2.45, 2.75) is 4.90 Å². The molecule has 1 aromatic heterocycles. The first-order valence-corrected chi connectivity index (χ1v) is 7.04. The van der Waals surface area contributed by atoms with Crippen LogP contribution in [0.5, 0.6) is 0 Å². The van der Waals surface area contributed by atoms with Crippen molar-refractivity contribution in [3.05, 3.63) is 42.0 Å². The number of aromatic nitrogens is 2. The highest BCUT2D eigenvalue weighted by Crippen LogP contribution is 2.23. The fourth-order valence-electron chi connectivity index (χ4n) is 1.59. The number of amides is 1. The predicted octanol–water partition coefficient (Wildman–Crippen LogP) is 0.598. The van der Waals surface area contributed by atoms with E-state index in [0.29, 0.717) is 12.1 Å². The minimum absolute atomic E-state index is 0.0734. The van der Waals surface area contributed by atoms with E-state index in [1.165, 1.54) is 24.1 Å². The van der Waals surface area contributed by atoms with E-state index in [9.17, 15) is 22.0 Å². The summed E-state index contributed by atoms with van der Waals surface area (Å²) < 4.78 is 50.9. The van der Waals surface area contributed by atoms with Crippen molar-refractivity contribution in [1.29, 1.82) is 0 Å². The third-order valence-corrected chi connectivity index (χ3v) is 3.52. The molecule has 0 spiro atoms. The zero-order valence-electron chi connectivity index (χ0n) is 10.7. The third-order valence-electron chi connectivity index (χ3n) is 2.63. The van der Waals surface area contributed by atoms with Gasteiger partial charge in [0.25, 0.3) is 5.91 Å². The predicted molar refractivity (Wildman–Crippen MR) is 68.9 cm³/mol. The number of benzene rings is 1. The van der Waals surface area contributed by atoms with Crippen LogP contribution in [0.4, 0.5) is 14.5 Å². The second-order valence-corrected chi connectivity index (χ2v) is 5.71. The van der Waals surface area contributed by atoms with E-state index >= 15 is 0 Å². The number of nitrogens with one attached hydrogen (secondary N) is 1. The van der Waals surface area contributed by atoms with Crippen molar-refractivity contribution < 1.29 is 22.0 Å². The fourth-order valence-corrected chi connectivity index (χ4v) is 2.12. The van der Waals surface area contributed by atoms with Gasteiger partial charge in [0.05, 0.1) is 17.4 Å². The number of nitrogens with two attached hydrogens (primary N) is 1. The molecule has 1 amide bonds. The Morgan fingerprint density at radius 2 is 1.90 bits per heavy atom. The van der Waals surface area contributed by atoms with E-state index in [-0.39, 0.29) is 5.69 Å². The molecule has 0 aliphatic carbocycles. The number of primary sulfonamides is 1. The molecule has 0 bridgehead atoms. The first kappa shape index (κ1) is 15.1. The summed E-state index contributed by atoms with van der Waals surface area (Å²) in [6.07, 6.45) is 2.55. The van der Waals surface area contributed by atoms with Gasteiger partial charge in [-0.2, -0.15) is 0 Å². The molecule has 0 unspecified atom stereocenters. The highest BCUT2D eigenvalue weighted by atomic mass is 32.2. The summed E-state index contributed by atoms with van der Waals surface area (Å²) in [5.74, 6) is -3.31. The van der Waals surface area contributed by atoms with Crippen LogP contribution in [0, 0.1) is 11.6 Å². The zero-order valence-corrected chi connectivity index (χ0v) is 11.5. The van der Waals surface area contributed by atoms with Crippen LogP contribution in [0.3, 0.4) is 0 Å². The average molecular weight is 316 g/mol. The molecule has 1 heterocycles. The quantitative estimate of drug-likeness (QED) is 0.864. The summed E-state index contributed by atoms with van der Waals surface area (Å²) in [6, 6.07) is 1.05. The Balaban J connectivity index is 2.38. The van der Waals surface area contributed by atoms with E-state index in [2.05, 4.69) is 4.98 Å². The van der Waals surface area contributed by atoms with Crippen LogP contribution >= 0.6 is 0 Å². The first-order chi connectivity index (χ1) is 9.70. The van der Waals surface area contributed by atoms with Crippen LogP contribution in [-0.2, 0) is 17.1 Å². The van der Waals surface area contributed by atoms with Crippen molar-refractivity contribution in [2.24, 2.45) is 12.2 Å². The number of hydrogen-bond donors (Lipinski definition) is 2. The maximum atomic E-state index is 13.7. The van der Waals surface area contributed by atoms with Gasteiger partial charge >= 0.3 is 0 Å². The highest BCUT2D eigenvalue weighted by Gasteiger charge is 2.20. The smallest absolute Gasteiger partial charge is 0.274 e. The first-order valence-electron chi connectivity index (χ1n) is 5.49. The molecule has 1 aromatic carbocycles. The average Bonchev–Trinajstić information content (AvgIpc) is 2.78. The number of anilines is 1. The van der Waals surface area contributed by atoms with Crippen LogP contribution < -0.4 is 10.5 Å². The molecular formula is C11H10F2N4O3S. The SMILES string of the molecule is Cn1cncc1C(=O)Nc1c(F)cc(S(N)(=O)=O)cc1F. The molecule has 3 N–H and O–H groups in total. The van der Waals surface area contributed by atoms with Crippen molar-refractivity contribution >= 4 is 21.6 Å². The van der Waals surface area contributed by atoms with Crippen molar-refractivity contribution in [3.63, 3.8) is 0 Å². The molecule has 112 valence electrons. The van der Waals surface area contributed by atoms with Gasteiger partial charge in [-0.3, -0.25) is 4.79 Å². The van der Waals surface area contributed by atoms with Gasteiger partial charge in [0.2, 0.25) is 10.0 Å². The van der Waals surface area contributed by atoms with Crippen LogP contribution in [0.1, 0.15) is 10.5 Å². The number of nitrogens with zero attached hydrogens (tertiary/aromatic N) is 2. The molecule has 10 heteroatoms. The summed E-state index contributed by atoms with van der Waals surface area (Å²) in [7, 11) is -2.72. The Morgan fingerprint density at radius 1 is 1.33 bits per heavy atom. The van der Waals surface area contributed by atoms with E-state index in [4.69, 9.17) is 5.14 Å². The highest BCUT2D eigenvalue weighted by molar-refractivity contribution is 7.89. The Hall–Kier alpha value is -2.33. The van der Waals surface area contributed by atoms with Gasteiger partial charge in [0.15, 0.2) is 11.6 Å². The second-order valence-electron chi connectivity index (χ2n) is 4.15. The van der Waals surface area contributed by atoms with E-state index < -0.39 is 38.1 Å². The van der Waals surface area contributed by atoms with Crippen molar-refractivity contribution in [2.75, 3.05) is 5.32 Å². The zero-order chi connectivity index (χ0) is 15.8. The molecule has 0 fully saturated rings. The molecule has 0 aliphatic heterocycles. The second kappa shape index (κ2) is 5.22. The minimum Gasteiger partial charge on any atom is -0.330 e. The van der Waals surface area contributed by atoms with Gasteiger partial charge in [-0.15, -0.1) is 0 Å². The van der Waals surface area contributed by atoms with E-state index in [1.807, 2.05) is 5.32 Å². The lowest BCUT2D eigenvalue weighted by Gasteiger charge is -2.09. The lowest BCUT2D eigenvalue weighted by Crippen LogP contribution is -2.18. The molecule has 0 aliphatic rings. The normalized spacial score (nSPS) is 11.4. The van der Waals surface area contributed by atoms with Crippen molar-refractivity contribution in [3.8, 4) is 0 Å². The number of imidazole rings is 1. The number of hydrogen-bond acceptors (Lipinski definition) is 4. The Bertz CT molecular complexity index is 794. The van der Waals surface area contributed by atoms with Gasteiger partial charge < -0.3 is 9.88 Å². The summed E-state index contributed by atoms with van der Waals surface area (Å²) >= 11 is 0. The molecule has 7 nitrogen and oxygen atoms in total. The maximum absolute atomic E-state index is 13.7. The fraction of sp³-hybridized carbons (Fsp3) is 0.0909. The summed E-state index contributed by atoms with van der Waals surface area (Å²) in [4.78, 5) is 14.8. The lowest BCUT2D eigenvalue weighted by atomic mass is 10.2. The van der Waals surface area contributed by atoms with Crippen LogP contribution in [0.15, 0.2) is 29.6 Å². The molecule has 21 heavy (non-hydrogen) atoms. The summed E-state index contributed by atoms with van der Waals surface area (Å²) in [6.45, 7) is 0. The number of carbonyl (C=O) groups is 1. The number of sulfonamides is 1. The van der Waals surface area contributed by atoms with E-state index in [0.717, 1.165) is 0 Å². The standard InChI is InChI=1S/C11H10F2N4O3S/c1-17-5-15-4-9(17)11(18)16-10-7(12)2-6(3-8(10)13)21(14,19)20/h2-5H,1H3,(H,16,18)(H2,14,19,20). The number of halogens is 2. The summed E-state index contributed by atoms with van der Waals surface area (Å²) in [5, 5.41) is 6.80. The van der Waals surface area contributed by atoms with Gasteiger partial charge in [0.1, 0.15) is 11.4 Å². The molecular weight excluding hydrogens is 306 g/mol. The molecule has 0 saturated heterocycles. The van der Waals surface area contributed by atoms with Gasteiger partial charge in [-0.25, -0.2) is 27.3 Å². The third kappa shape index (κ3) is 3.06. The monoisotopic (exact) mass is 316 g/mol. The topological polar surface area (TPSA) is 107 Å². The Labute approximate surface area is 118 Å². The number of aryl methyl sites for hydroxylation is 1. The van der Waals surface area contributed by atoms with Crippen molar-refractivity contribution in [1.82, 2.24) is 9.55 Å². The van der Waals surface area contributed by atoms with Crippen LogP contribution in [0.2, 0.25) is 0 Å². The Morgan fingerprint density at radius 3 is 2.33 bits per heavy atom. The molecule has 0 atom stereocenters. The van der Waals surface area contributed by atoms with Crippen LogP contribution in [0.25, 0.3) is 0 Å². The van der Waals surface area contributed by atoms with Crippen LogP contribution in [-0.4, -0.2) is 23.9 Å². The molecule has 2 aromatic rings. The van der Waals surface area contributed by atoms with Gasteiger partial charge in [0, 0.05) is 7.05 Å². The number of carbonyl (C=O) groups excluding carboxylic acids is 1. The van der Waals surface area contributed by atoms with Gasteiger partial charge in [-0.05, 0) is 12.1 Å². The summed E-state index contributed by atoms with van der Waals surface area (Å²) in [5.41, 5.74) is -0.696. The Kier molecular flexibility index (Phi) is 3.75. The molecule has 0 radical (unpaired) electrons. The largest absolute Gasteiger partial charge is 0.330 e. The molecule has 0 saturated carbocycles. The minimum atomic E-state index is -4.25. The maximum Gasteiger partial charge on any atom is 0.274 e. The lowest BCUT2D eigenvalue weighted by molar-refractivity contribution is 0.101. The molecule has 2 rings (SSSR count). The van der Waals surface area contributed by atoms with Gasteiger partial charge in [-0.1, -0.05) is 0 Å². The number of rotatable bonds is 3. The van der Waals surface area contributed by atoms with E-state index in [1.54, 1.807) is 0 Å².